The summed E-state index contributed by atoms with van der Waals surface area (Å²) in [5.41, 5.74) is 0.667. The maximum absolute atomic E-state index is 12.6. The fourth-order valence-corrected chi connectivity index (χ4v) is 3.71. The van der Waals surface area contributed by atoms with Crippen molar-refractivity contribution in [1.82, 2.24) is 19.6 Å². The van der Waals surface area contributed by atoms with Gasteiger partial charge in [-0.15, -0.1) is 0 Å². The van der Waals surface area contributed by atoms with E-state index >= 15 is 0 Å². The standard InChI is InChI=1S/C22H33N5O7.CH4/c28-19(23-18-4-2-1-3-5-18)14-24-6-8-25(15-20(29)30)10-12-27(17-22(33)34)13-11-26(9-7-24)16-21(31)32;/h1-5H,6-17H2,(H,23,28)(H,29,30)(H,31,32)(H,33,34);1H4. The highest BCUT2D eigenvalue weighted by molar-refractivity contribution is 5.92. The topological polar surface area (TPSA) is 154 Å². The van der Waals surface area contributed by atoms with Gasteiger partial charge in [0.25, 0.3) is 0 Å². The Morgan fingerprint density at radius 1 is 0.600 bits per heavy atom. The molecule has 1 amide bonds. The molecular weight excluding hydrogens is 458 g/mol. The van der Waals surface area contributed by atoms with Crippen LogP contribution in [-0.2, 0) is 19.2 Å². The predicted molar refractivity (Wildman–Crippen MR) is 130 cm³/mol. The number of hydrogen-bond donors (Lipinski definition) is 4. The van der Waals surface area contributed by atoms with Gasteiger partial charge in [-0.25, -0.2) is 0 Å². The van der Waals surface area contributed by atoms with Gasteiger partial charge >= 0.3 is 17.9 Å². The number of benzene rings is 1. The number of carbonyl (C=O) groups is 4. The Labute approximate surface area is 205 Å². The Morgan fingerprint density at radius 2 is 0.914 bits per heavy atom. The largest absolute Gasteiger partial charge is 0.480 e. The first-order chi connectivity index (χ1) is 16.2. The molecule has 1 saturated heterocycles. The molecule has 0 bridgehead atoms. The lowest BCUT2D eigenvalue weighted by molar-refractivity contribution is -0.140. The van der Waals surface area contributed by atoms with E-state index in [-0.39, 0.29) is 39.5 Å². The monoisotopic (exact) mass is 495 g/mol. The van der Waals surface area contributed by atoms with E-state index in [4.69, 9.17) is 0 Å². The van der Waals surface area contributed by atoms with Crippen LogP contribution in [0, 0.1) is 0 Å². The number of amides is 1. The highest BCUT2D eigenvalue weighted by Crippen LogP contribution is 2.06. The molecule has 0 spiro atoms. The van der Waals surface area contributed by atoms with Crippen molar-refractivity contribution in [3.05, 3.63) is 30.3 Å². The molecule has 0 saturated carbocycles. The zero-order valence-corrected chi connectivity index (χ0v) is 19.1. The Morgan fingerprint density at radius 3 is 1.23 bits per heavy atom. The van der Waals surface area contributed by atoms with Gasteiger partial charge < -0.3 is 20.6 Å². The van der Waals surface area contributed by atoms with Crippen molar-refractivity contribution in [2.45, 2.75) is 7.43 Å². The summed E-state index contributed by atoms with van der Waals surface area (Å²) in [5, 5.41) is 30.6. The molecule has 1 aromatic rings. The lowest BCUT2D eigenvalue weighted by atomic mass is 10.3. The summed E-state index contributed by atoms with van der Waals surface area (Å²) in [6.07, 6.45) is 0. The molecule has 12 nitrogen and oxygen atoms in total. The summed E-state index contributed by atoms with van der Waals surface area (Å²) in [5.74, 6) is -3.20. The molecule has 0 radical (unpaired) electrons. The van der Waals surface area contributed by atoms with Crippen LogP contribution in [0.2, 0.25) is 0 Å². The molecule has 1 aliphatic rings. The Kier molecular flexibility index (Phi) is 13.5. The van der Waals surface area contributed by atoms with Gasteiger partial charge in [0.05, 0.1) is 26.2 Å². The highest BCUT2D eigenvalue weighted by atomic mass is 16.4. The second-order valence-electron chi connectivity index (χ2n) is 8.20. The smallest absolute Gasteiger partial charge is 0.317 e. The molecule has 1 aliphatic heterocycles. The molecular formula is C23H37N5O7. The number of anilines is 1. The average molecular weight is 496 g/mol. The summed E-state index contributed by atoms with van der Waals surface area (Å²) >= 11 is 0. The van der Waals surface area contributed by atoms with Gasteiger partial charge in [-0.3, -0.25) is 38.8 Å². The average Bonchev–Trinajstić information content (AvgIpc) is 2.75. The first-order valence-corrected chi connectivity index (χ1v) is 11.1. The van der Waals surface area contributed by atoms with Gasteiger partial charge in [0, 0.05) is 58.0 Å². The summed E-state index contributed by atoms with van der Waals surface area (Å²) in [6, 6.07) is 9.03. The van der Waals surface area contributed by atoms with E-state index in [0.29, 0.717) is 58.0 Å². The third-order valence-electron chi connectivity index (χ3n) is 5.43. The van der Waals surface area contributed by atoms with Crippen molar-refractivity contribution in [3.8, 4) is 0 Å². The number of carboxylic acids is 3. The molecule has 0 aromatic heterocycles. The van der Waals surface area contributed by atoms with Gasteiger partial charge in [-0.1, -0.05) is 25.6 Å². The molecule has 0 aliphatic carbocycles. The third kappa shape index (κ3) is 12.8. The van der Waals surface area contributed by atoms with Gasteiger partial charge in [0.2, 0.25) is 5.91 Å². The van der Waals surface area contributed by atoms with Crippen molar-refractivity contribution in [3.63, 3.8) is 0 Å². The number of carboxylic acid groups (broad SMARTS) is 3. The van der Waals surface area contributed by atoms with E-state index in [1.54, 1.807) is 26.8 Å². The quantitative estimate of drug-likeness (QED) is 0.358. The minimum atomic E-state index is -1.00. The lowest BCUT2D eigenvalue weighted by Crippen LogP contribution is -2.49. The molecule has 0 atom stereocenters. The maximum atomic E-state index is 12.6. The highest BCUT2D eigenvalue weighted by Gasteiger charge is 2.21. The Balaban J connectivity index is 0.00000612. The van der Waals surface area contributed by atoms with Crippen molar-refractivity contribution in [1.29, 1.82) is 0 Å². The molecule has 4 N–H and O–H groups in total. The van der Waals surface area contributed by atoms with Crippen LogP contribution in [0.25, 0.3) is 0 Å². The minimum absolute atomic E-state index is 0. The predicted octanol–water partition coefficient (Wildman–Crippen LogP) is -0.263. The summed E-state index contributed by atoms with van der Waals surface area (Å²) < 4.78 is 0. The Hall–Kier alpha value is -3.06. The SMILES string of the molecule is C.O=C(O)CN1CCN(CC(=O)O)CCN(CC(=O)Nc2ccccc2)CCN(CC(=O)O)CC1. The fourth-order valence-electron chi connectivity index (χ4n) is 3.71. The van der Waals surface area contributed by atoms with Crippen LogP contribution >= 0.6 is 0 Å². The van der Waals surface area contributed by atoms with Crippen molar-refractivity contribution >= 4 is 29.5 Å². The number of hydrogen-bond acceptors (Lipinski definition) is 8. The van der Waals surface area contributed by atoms with Crippen LogP contribution in [0.15, 0.2) is 30.3 Å². The second-order valence-corrected chi connectivity index (χ2v) is 8.20. The summed E-state index contributed by atoms with van der Waals surface area (Å²) in [7, 11) is 0. The van der Waals surface area contributed by atoms with Gasteiger partial charge in [-0.2, -0.15) is 0 Å². The molecule has 0 unspecified atom stereocenters. The molecule has 196 valence electrons. The molecule has 2 rings (SSSR count). The molecule has 1 aromatic carbocycles. The van der Waals surface area contributed by atoms with Crippen LogP contribution in [0.4, 0.5) is 5.69 Å². The Bertz CT molecular complexity index is 792. The van der Waals surface area contributed by atoms with Crippen LogP contribution in [0.1, 0.15) is 7.43 Å². The second kappa shape index (κ2) is 15.8. The van der Waals surface area contributed by atoms with Crippen molar-refractivity contribution in [2.24, 2.45) is 0 Å². The van der Waals surface area contributed by atoms with Gasteiger partial charge in [0.15, 0.2) is 0 Å². The summed E-state index contributed by atoms with van der Waals surface area (Å²) in [6.45, 7) is 2.32. The van der Waals surface area contributed by atoms with Crippen LogP contribution in [0.5, 0.6) is 0 Å². The van der Waals surface area contributed by atoms with Crippen LogP contribution in [0.3, 0.4) is 0 Å². The van der Waals surface area contributed by atoms with Gasteiger partial charge in [-0.05, 0) is 12.1 Å². The number of rotatable bonds is 9. The molecule has 1 heterocycles. The third-order valence-corrected chi connectivity index (χ3v) is 5.43. The van der Waals surface area contributed by atoms with E-state index in [9.17, 15) is 34.5 Å². The van der Waals surface area contributed by atoms with E-state index < -0.39 is 17.9 Å². The number of nitrogens with zero attached hydrogens (tertiary/aromatic N) is 4. The minimum Gasteiger partial charge on any atom is -0.480 e. The molecule has 35 heavy (non-hydrogen) atoms. The normalized spacial score (nSPS) is 17.4. The van der Waals surface area contributed by atoms with E-state index in [1.807, 2.05) is 23.1 Å². The molecule has 12 heteroatoms. The van der Waals surface area contributed by atoms with Crippen molar-refractivity contribution < 1.29 is 34.5 Å². The maximum Gasteiger partial charge on any atom is 0.317 e. The van der Waals surface area contributed by atoms with Crippen LogP contribution < -0.4 is 5.32 Å². The van der Waals surface area contributed by atoms with Crippen molar-refractivity contribution in [2.75, 3.05) is 83.9 Å². The molecule has 1 fully saturated rings. The number of para-hydroxylation sites is 1. The zero-order valence-electron chi connectivity index (χ0n) is 19.1. The first kappa shape index (κ1) is 30.0. The van der Waals surface area contributed by atoms with E-state index in [2.05, 4.69) is 5.32 Å². The summed E-state index contributed by atoms with van der Waals surface area (Å²) in [4.78, 5) is 53.5. The van der Waals surface area contributed by atoms with E-state index in [0.717, 1.165) is 0 Å². The van der Waals surface area contributed by atoms with Gasteiger partial charge in [0.1, 0.15) is 0 Å². The number of nitrogens with one attached hydrogen (secondary N) is 1. The fraction of sp³-hybridized carbons (Fsp3) is 0.565. The van der Waals surface area contributed by atoms with Crippen LogP contribution in [-0.4, -0.2) is 137 Å². The van der Waals surface area contributed by atoms with E-state index in [1.165, 1.54) is 0 Å². The number of carbonyl (C=O) groups excluding carboxylic acids is 1. The lowest BCUT2D eigenvalue weighted by Gasteiger charge is -2.32. The zero-order chi connectivity index (χ0) is 24.9. The number of aliphatic carboxylic acids is 3. The first-order valence-electron chi connectivity index (χ1n) is 11.1.